The van der Waals surface area contributed by atoms with E-state index in [1.807, 2.05) is 19.1 Å². The van der Waals surface area contributed by atoms with Crippen LogP contribution in [0.25, 0.3) is 0 Å². The van der Waals surface area contributed by atoms with Crippen molar-refractivity contribution >= 4 is 0 Å². The zero-order valence-electron chi connectivity index (χ0n) is 8.42. The van der Waals surface area contributed by atoms with Crippen LogP contribution in [0.3, 0.4) is 0 Å². The molecule has 0 fully saturated rings. The second-order valence-corrected chi connectivity index (χ2v) is 3.30. The van der Waals surface area contributed by atoms with Crippen LogP contribution < -0.4 is 0 Å². The largest absolute Gasteiger partial charge is 0.389 e. The van der Waals surface area contributed by atoms with Gasteiger partial charge in [-0.15, -0.1) is 0 Å². The Labute approximate surface area is 76.5 Å². The number of aliphatic hydroxyl groups is 1. The van der Waals surface area contributed by atoms with Gasteiger partial charge in [-0.25, -0.2) is 0 Å². The van der Waals surface area contributed by atoms with Crippen molar-refractivity contribution in [3.8, 4) is 0 Å². The third-order valence-electron chi connectivity index (χ3n) is 2.02. The molecule has 0 radical (unpaired) electrons. The summed E-state index contributed by atoms with van der Waals surface area (Å²) in [5, 5.41) is 9.32. The molecule has 0 rings (SSSR count). The molecule has 0 aromatic rings. The Kier molecular flexibility index (Phi) is 8.57. The molecule has 0 unspecified atom stereocenters. The monoisotopic (exact) mass is 170 g/mol. The molecule has 0 amide bonds. The van der Waals surface area contributed by atoms with Gasteiger partial charge in [0.05, 0.1) is 6.10 Å². The van der Waals surface area contributed by atoms with Gasteiger partial charge >= 0.3 is 0 Å². The van der Waals surface area contributed by atoms with Gasteiger partial charge in [-0.1, -0.05) is 51.2 Å². The van der Waals surface area contributed by atoms with E-state index in [-0.39, 0.29) is 6.10 Å². The van der Waals surface area contributed by atoms with Crippen molar-refractivity contribution in [3.63, 3.8) is 0 Å². The Morgan fingerprint density at radius 2 is 1.83 bits per heavy atom. The van der Waals surface area contributed by atoms with E-state index in [0.717, 1.165) is 12.8 Å². The molecule has 0 heterocycles. The van der Waals surface area contributed by atoms with E-state index < -0.39 is 0 Å². The lowest BCUT2D eigenvalue weighted by molar-refractivity contribution is 0.208. The van der Waals surface area contributed by atoms with Crippen LogP contribution in [-0.4, -0.2) is 11.2 Å². The van der Waals surface area contributed by atoms with Crippen LogP contribution in [-0.2, 0) is 0 Å². The molecule has 72 valence electrons. The Bertz CT molecular complexity index is 108. The predicted octanol–water partition coefficient (Wildman–Crippen LogP) is 3.28. The van der Waals surface area contributed by atoms with Crippen molar-refractivity contribution in [1.82, 2.24) is 0 Å². The molecule has 0 saturated carbocycles. The van der Waals surface area contributed by atoms with Crippen LogP contribution in [0.15, 0.2) is 12.2 Å². The van der Waals surface area contributed by atoms with Gasteiger partial charge in [0.2, 0.25) is 0 Å². The third-order valence-corrected chi connectivity index (χ3v) is 2.02. The zero-order valence-corrected chi connectivity index (χ0v) is 8.42. The molecule has 0 bridgehead atoms. The third kappa shape index (κ3) is 7.80. The Balaban J connectivity index is 3.08. The predicted molar refractivity (Wildman–Crippen MR) is 54.2 cm³/mol. The highest BCUT2D eigenvalue weighted by Crippen LogP contribution is 2.07. The topological polar surface area (TPSA) is 20.2 Å². The highest BCUT2D eigenvalue weighted by molar-refractivity contribution is 4.84. The Morgan fingerprint density at radius 1 is 1.17 bits per heavy atom. The maximum absolute atomic E-state index is 9.32. The summed E-state index contributed by atoms with van der Waals surface area (Å²) in [6.07, 6.45) is 10.9. The summed E-state index contributed by atoms with van der Waals surface area (Å²) in [4.78, 5) is 0. The van der Waals surface area contributed by atoms with Crippen LogP contribution in [0.2, 0.25) is 0 Å². The molecule has 0 aliphatic carbocycles. The molecule has 0 saturated heterocycles. The maximum Gasteiger partial charge on any atom is 0.0720 e. The van der Waals surface area contributed by atoms with Crippen LogP contribution in [0.1, 0.15) is 52.4 Å². The molecule has 0 aliphatic heterocycles. The average Bonchev–Trinajstić information content (AvgIpc) is 2.05. The minimum Gasteiger partial charge on any atom is -0.389 e. The first-order chi connectivity index (χ1) is 5.81. The lowest BCUT2D eigenvalue weighted by atomic mass is 10.1. The number of unbranched alkanes of at least 4 members (excludes halogenated alkanes) is 4. The van der Waals surface area contributed by atoms with E-state index in [4.69, 9.17) is 0 Å². The van der Waals surface area contributed by atoms with Crippen molar-refractivity contribution in [2.75, 3.05) is 0 Å². The van der Waals surface area contributed by atoms with E-state index in [1.54, 1.807) is 0 Å². The van der Waals surface area contributed by atoms with Crippen LogP contribution in [0.4, 0.5) is 0 Å². The lowest BCUT2D eigenvalue weighted by Gasteiger charge is -2.04. The quantitative estimate of drug-likeness (QED) is 0.459. The minimum atomic E-state index is -0.211. The van der Waals surface area contributed by atoms with E-state index in [1.165, 1.54) is 25.7 Å². The molecule has 1 atom stereocenters. The van der Waals surface area contributed by atoms with Crippen LogP contribution in [0.5, 0.6) is 0 Å². The molecule has 0 spiro atoms. The van der Waals surface area contributed by atoms with Gasteiger partial charge in [-0.3, -0.25) is 0 Å². The van der Waals surface area contributed by atoms with Crippen LogP contribution >= 0.6 is 0 Å². The fraction of sp³-hybridized carbons (Fsp3) is 0.818. The molecule has 0 aromatic heterocycles. The highest BCUT2D eigenvalue weighted by atomic mass is 16.3. The highest BCUT2D eigenvalue weighted by Gasteiger charge is 1.97. The molecular formula is C11H22O. The zero-order chi connectivity index (χ0) is 9.23. The summed E-state index contributed by atoms with van der Waals surface area (Å²) in [6, 6.07) is 0. The molecule has 12 heavy (non-hydrogen) atoms. The van der Waals surface area contributed by atoms with Crippen molar-refractivity contribution in [3.05, 3.63) is 12.2 Å². The molecular weight excluding hydrogens is 148 g/mol. The summed E-state index contributed by atoms with van der Waals surface area (Å²) in [5.41, 5.74) is 0. The Morgan fingerprint density at radius 3 is 2.42 bits per heavy atom. The standard InChI is InChI=1S/C11H22O/c1-3-5-6-7-8-10-11(12)9-4-2/h4,9,11-12H,3,5-8,10H2,1-2H3/b9-4-/t11-/m1/s1. The number of aliphatic hydroxyl groups excluding tert-OH is 1. The summed E-state index contributed by atoms with van der Waals surface area (Å²) in [5.74, 6) is 0. The minimum absolute atomic E-state index is 0.211. The molecule has 1 nitrogen and oxygen atoms in total. The Hall–Kier alpha value is -0.300. The van der Waals surface area contributed by atoms with Crippen molar-refractivity contribution in [1.29, 1.82) is 0 Å². The number of hydrogen-bond acceptors (Lipinski definition) is 1. The fourth-order valence-electron chi connectivity index (χ4n) is 1.28. The van der Waals surface area contributed by atoms with E-state index in [0.29, 0.717) is 0 Å². The molecule has 0 aliphatic rings. The van der Waals surface area contributed by atoms with Gasteiger partial charge in [0.1, 0.15) is 0 Å². The van der Waals surface area contributed by atoms with Gasteiger partial charge in [-0.2, -0.15) is 0 Å². The first kappa shape index (κ1) is 11.7. The second-order valence-electron chi connectivity index (χ2n) is 3.30. The van der Waals surface area contributed by atoms with Gasteiger partial charge in [0, 0.05) is 0 Å². The summed E-state index contributed by atoms with van der Waals surface area (Å²) in [6.45, 7) is 4.16. The molecule has 1 heteroatoms. The fourth-order valence-corrected chi connectivity index (χ4v) is 1.28. The maximum atomic E-state index is 9.32. The van der Waals surface area contributed by atoms with Crippen LogP contribution in [0, 0.1) is 0 Å². The van der Waals surface area contributed by atoms with Gasteiger partial charge < -0.3 is 5.11 Å². The average molecular weight is 170 g/mol. The second kappa shape index (κ2) is 8.79. The normalized spacial score (nSPS) is 13.9. The summed E-state index contributed by atoms with van der Waals surface area (Å²) in [7, 11) is 0. The van der Waals surface area contributed by atoms with E-state index in [2.05, 4.69) is 6.92 Å². The first-order valence-electron chi connectivity index (χ1n) is 5.12. The summed E-state index contributed by atoms with van der Waals surface area (Å²) >= 11 is 0. The van der Waals surface area contributed by atoms with Gasteiger partial charge in [-0.05, 0) is 13.3 Å². The number of rotatable bonds is 7. The number of hydrogen-bond donors (Lipinski definition) is 1. The van der Waals surface area contributed by atoms with Gasteiger partial charge in [0.15, 0.2) is 0 Å². The smallest absolute Gasteiger partial charge is 0.0720 e. The summed E-state index contributed by atoms with van der Waals surface area (Å²) < 4.78 is 0. The van der Waals surface area contributed by atoms with Crippen molar-refractivity contribution in [2.24, 2.45) is 0 Å². The number of allylic oxidation sites excluding steroid dienone is 1. The van der Waals surface area contributed by atoms with Crippen molar-refractivity contribution < 1.29 is 5.11 Å². The van der Waals surface area contributed by atoms with Crippen molar-refractivity contribution in [2.45, 2.75) is 58.5 Å². The molecule has 1 N–H and O–H groups in total. The molecule has 0 aromatic carbocycles. The van der Waals surface area contributed by atoms with E-state index in [9.17, 15) is 5.11 Å². The first-order valence-corrected chi connectivity index (χ1v) is 5.12. The van der Waals surface area contributed by atoms with Gasteiger partial charge in [0.25, 0.3) is 0 Å². The SMILES string of the molecule is C/C=C\[C@@H](O)CCCCCCC. The van der Waals surface area contributed by atoms with E-state index >= 15 is 0 Å². The lowest BCUT2D eigenvalue weighted by Crippen LogP contribution is -2.00.